The van der Waals surface area contributed by atoms with E-state index in [0.717, 1.165) is 24.2 Å². The van der Waals surface area contributed by atoms with Crippen LogP contribution in [-0.2, 0) is 14.8 Å². The maximum Gasteiger partial charge on any atom is 0.252 e. The van der Waals surface area contributed by atoms with E-state index in [1.54, 1.807) is 18.2 Å². The van der Waals surface area contributed by atoms with Crippen molar-refractivity contribution in [3.63, 3.8) is 0 Å². The van der Waals surface area contributed by atoms with Crippen LogP contribution < -0.4 is 5.32 Å². The summed E-state index contributed by atoms with van der Waals surface area (Å²) in [6, 6.07) is 10.6. The molecule has 0 spiro atoms. The van der Waals surface area contributed by atoms with Crippen molar-refractivity contribution in [1.29, 1.82) is 0 Å². The summed E-state index contributed by atoms with van der Waals surface area (Å²) in [6.45, 7) is 1.75. The smallest absolute Gasteiger partial charge is 0.252 e. The van der Waals surface area contributed by atoms with Gasteiger partial charge < -0.3 is 10.1 Å². The Kier molecular flexibility index (Phi) is 8.41. The summed E-state index contributed by atoms with van der Waals surface area (Å²) in [4.78, 5) is 14.6. The number of allylic oxidation sites excluding steroid dienone is 1. The van der Waals surface area contributed by atoms with Crippen LogP contribution in [0.4, 0.5) is 4.39 Å². The van der Waals surface area contributed by atoms with Crippen molar-refractivity contribution in [1.82, 2.24) is 9.62 Å². The van der Waals surface area contributed by atoms with Crippen molar-refractivity contribution >= 4 is 27.7 Å². The minimum atomic E-state index is -3.75. The van der Waals surface area contributed by atoms with Crippen LogP contribution in [0, 0.1) is 5.82 Å². The van der Waals surface area contributed by atoms with Crippen LogP contribution in [0.2, 0.25) is 0 Å². The highest BCUT2D eigenvalue weighted by Crippen LogP contribution is 2.33. The van der Waals surface area contributed by atoms with Crippen LogP contribution in [-0.4, -0.2) is 51.5 Å². The van der Waals surface area contributed by atoms with E-state index >= 15 is 0 Å². The van der Waals surface area contributed by atoms with Crippen molar-refractivity contribution in [3.8, 4) is 0 Å². The first-order valence-corrected chi connectivity index (χ1v) is 13.8. The molecule has 1 fully saturated rings. The molecule has 9 heteroatoms. The Morgan fingerprint density at radius 1 is 1.09 bits per heavy atom. The summed E-state index contributed by atoms with van der Waals surface area (Å²) in [5.41, 5.74) is 1.65. The number of morpholine rings is 1. The zero-order chi connectivity index (χ0) is 24.0. The van der Waals surface area contributed by atoms with E-state index < -0.39 is 10.0 Å². The maximum absolute atomic E-state index is 13.3. The number of nitrogens with one attached hydrogen (secondary N) is 1. The highest BCUT2D eigenvalue weighted by molar-refractivity contribution is 7.99. The molecule has 1 saturated heterocycles. The first kappa shape index (κ1) is 24.9. The van der Waals surface area contributed by atoms with Gasteiger partial charge in [-0.15, -0.1) is 0 Å². The molecular formula is C25H29FN2O4S2. The van der Waals surface area contributed by atoms with Gasteiger partial charge in [-0.1, -0.05) is 23.4 Å². The molecule has 2 aliphatic rings. The number of carbonyl (C=O) groups is 1. The standard InChI is InChI=1S/C25H29FN2O4S2/c26-20-6-8-21(9-7-20)33-24-11-10-22(34(30,31)28-14-16-32-17-15-28)18-23(24)25(29)27-13-12-19-4-2-1-3-5-19/h4,6-11,18H,1-3,5,12-17H2,(H,27,29). The van der Waals surface area contributed by atoms with Crippen LogP contribution in [0.1, 0.15) is 42.5 Å². The minimum absolute atomic E-state index is 0.0815. The van der Waals surface area contributed by atoms with Gasteiger partial charge in [-0.05, 0) is 74.6 Å². The van der Waals surface area contributed by atoms with Gasteiger partial charge in [0.15, 0.2) is 0 Å². The van der Waals surface area contributed by atoms with Crippen LogP contribution in [0.5, 0.6) is 0 Å². The van der Waals surface area contributed by atoms with E-state index in [2.05, 4.69) is 11.4 Å². The van der Waals surface area contributed by atoms with E-state index in [9.17, 15) is 17.6 Å². The van der Waals surface area contributed by atoms with Crippen molar-refractivity contribution in [2.45, 2.75) is 46.8 Å². The average Bonchev–Trinajstić information content (AvgIpc) is 2.86. The number of ether oxygens (including phenoxy) is 1. The molecule has 2 aromatic rings. The molecule has 0 aromatic heterocycles. The van der Waals surface area contributed by atoms with Gasteiger partial charge in [0.05, 0.1) is 23.7 Å². The normalized spacial score (nSPS) is 17.3. The number of carbonyl (C=O) groups excluding carboxylic acids is 1. The topological polar surface area (TPSA) is 75.7 Å². The van der Waals surface area contributed by atoms with Crippen LogP contribution in [0.15, 0.2) is 68.8 Å². The zero-order valence-electron chi connectivity index (χ0n) is 19.0. The summed E-state index contributed by atoms with van der Waals surface area (Å²) in [6.07, 6.45) is 7.58. The second-order valence-electron chi connectivity index (χ2n) is 8.34. The van der Waals surface area contributed by atoms with Crippen molar-refractivity contribution in [2.75, 3.05) is 32.8 Å². The molecule has 0 saturated carbocycles. The second kappa shape index (κ2) is 11.5. The molecule has 1 amide bonds. The number of sulfonamides is 1. The highest BCUT2D eigenvalue weighted by Gasteiger charge is 2.28. The first-order valence-electron chi connectivity index (χ1n) is 11.5. The molecule has 34 heavy (non-hydrogen) atoms. The monoisotopic (exact) mass is 504 g/mol. The van der Waals surface area contributed by atoms with E-state index in [1.807, 2.05) is 0 Å². The summed E-state index contributed by atoms with van der Waals surface area (Å²) < 4.78 is 46.3. The number of hydrogen-bond donors (Lipinski definition) is 1. The van der Waals surface area contributed by atoms with Gasteiger partial charge in [0, 0.05) is 29.4 Å². The van der Waals surface area contributed by atoms with Gasteiger partial charge >= 0.3 is 0 Å². The molecule has 0 unspecified atom stereocenters. The Hall–Kier alpha value is -2.20. The minimum Gasteiger partial charge on any atom is -0.379 e. The third kappa shape index (κ3) is 6.27. The van der Waals surface area contributed by atoms with E-state index in [1.165, 1.54) is 58.7 Å². The molecule has 1 N–H and O–H groups in total. The lowest BCUT2D eigenvalue weighted by Gasteiger charge is -2.26. The molecule has 0 atom stereocenters. The molecule has 2 aromatic carbocycles. The van der Waals surface area contributed by atoms with Gasteiger partial charge in [-0.3, -0.25) is 4.79 Å². The Labute approximate surface area is 204 Å². The van der Waals surface area contributed by atoms with Gasteiger partial charge in [0.2, 0.25) is 10.0 Å². The third-order valence-electron chi connectivity index (χ3n) is 5.96. The average molecular weight is 505 g/mol. The van der Waals surface area contributed by atoms with Crippen molar-refractivity contribution in [3.05, 3.63) is 65.5 Å². The lowest BCUT2D eigenvalue weighted by molar-refractivity contribution is 0.0730. The molecule has 6 nitrogen and oxygen atoms in total. The number of benzene rings is 2. The molecule has 1 aliphatic carbocycles. The molecule has 0 radical (unpaired) electrons. The number of amides is 1. The van der Waals surface area contributed by atoms with E-state index in [4.69, 9.17) is 4.74 Å². The summed E-state index contributed by atoms with van der Waals surface area (Å²) in [5, 5.41) is 2.96. The lowest BCUT2D eigenvalue weighted by atomic mass is 9.97. The lowest BCUT2D eigenvalue weighted by Crippen LogP contribution is -2.40. The predicted molar refractivity (Wildman–Crippen MR) is 130 cm³/mol. The molecule has 182 valence electrons. The second-order valence-corrected chi connectivity index (χ2v) is 11.4. The quantitative estimate of drug-likeness (QED) is 0.531. The fourth-order valence-electron chi connectivity index (χ4n) is 4.07. The summed E-state index contributed by atoms with van der Waals surface area (Å²) in [7, 11) is -3.75. The maximum atomic E-state index is 13.3. The Bertz CT molecular complexity index is 1140. The Morgan fingerprint density at radius 2 is 1.85 bits per heavy atom. The molecule has 1 heterocycles. The summed E-state index contributed by atoms with van der Waals surface area (Å²) >= 11 is 1.30. The van der Waals surface area contributed by atoms with Crippen LogP contribution in [0.25, 0.3) is 0 Å². The summed E-state index contributed by atoms with van der Waals surface area (Å²) in [5.74, 6) is -0.661. The Morgan fingerprint density at radius 3 is 2.56 bits per heavy atom. The van der Waals surface area contributed by atoms with E-state index in [-0.39, 0.29) is 29.7 Å². The fraction of sp³-hybridized carbons (Fsp3) is 0.400. The third-order valence-corrected chi connectivity index (χ3v) is 8.94. The largest absolute Gasteiger partial charge is 0.379 e. The molecule has 0 bridgehead atoms. The van der Waals surface area contributed by atoms with Crippen molar-refractivity contribution < 1.29 is 22.3 Å². The van der Waals surface area contributed by atoms with Crippen molar-refractivity contribution in [2.24, 2.45) is 0 Å². The fourth-order valence-corrected chi connectivity index (χ4v) is 6.42. The number of hydrogen-bond acceptors (Lipinski definition) is 5. The van der Waals surface area contributed by atoms with Gasteiger partial charge in [-0.25, -0.2) is 12.8 Å². The molecular weight excluding hydrogens is 475 g/mol. The predicted octanol–water partition coefficient (Wildman–Crippen LogP) is 4.62. The number of halogens is 1. The highest BCUT2D eigenvalue weighted by atomic mass is 32.2. The van der Waals surface area contributed by atoms with Crippen LogP contribution in [0.3, 0.4) is 0 Å². The van der Waals surface area contributed by atoms with Crippen LogP contribution >= 0.6 is 11.8 Å². The first-order chi connectivity index (χ1) is 16.4. The van der Waals surface area contributed by atoms with E-state index in [0.29, 0.717) is 30.2 Å². The number of nitrogens with zero attached hydrogens (tertiary/aromatic N) is 1. The SMILES string of the molecule is O=C(NCCC1=CCCCC1)c1cc(S(=O)(=O)N2CCOCC2)ccc1Sc1ccc(F)cc1. The number of rotatable bonds is 8. The molecule has 1 aliphatic heterocycles. The van der Waals surface area contributed by atoms with Gasteiger partial charge in [0.1, 0.15) is 5.82 Å². The zero-order valence-corrected chi connectivity index (χ0v) is 20.6. The molecule has 4 rings (SSSR count). The van der Waals surface area contributed by atoms with Gasteiger partial charge in [0.25, 0.3) is 5.91 Å². The van der Waals surface area contributed by atoms with Gasteiger partial charge in [-0.2, -0.15) is 4.31 Å². The Balaban J connectivity index is 1.57.